The number of aliphatic hydroxyl groups is 1. The molecule has 0 aliphatic carbocycles. The summed E-state index contributed by atoms with van der Waals surface area (Å²) in [6.45, 7) is 2.78. The number of benzene rings is 2. The molecule has 38 heavy (non-hydrogen) atoms. The summed E-state index contributed by atoms with van der Waals surface area (Å²) < 4.78 is 92.8. The van der Waals surface area contributed by atoms with Crippen molar-refractivity contribution in [3.05, 3.63) is 65.2 Å². The van der Waals surface area contributed by atoms with E-state index in [1.165, 1.54) is 39.0 Å². The minimum atomic E-state index is -5.49. The van der Waals surface area contributed by atoms with Gasteiger partial charge in [0, 0.05) is 11.3 Å². The van der Waals surface area contributed by atoms with E-state index in [1.807, 2.05) is 5.32 Å². The summed E-state index contributed by atoms with van der Waals surface area (Å²) in [4.78, 5) is 37.2. The van der Waals surface area contributed by atoms with Gasteiger partial charge in [-0.15, -0.1) is 0 Å². The Kier molecular flexibility index (Phi) is 9.04. The molecule has 0 spiro atoms. The van der Waals surface area contributed by atoms with E-state index in [4.69, 9.17) is 0 Å². The van der Waals surface area contributed by atoms with E-state index in [0.717, 1.165) is 18.2 Å². The summed E-state index contributed by atoms with van der Waals surface area (Å²) in [5.41, 5.74) is -9.73. The Hall–Kier alpha value is -3.81. The van der Waals surface area contributed by atoms with Crippen LogP contribution in [0.1, 0.15) is 30.5 Å². The Morgan fingerprint density at radius 3 is 1.84 bits per heavy atom. The summed E-state index contributed by atoms with van der Waals surface area (Å²) in [6.07, 6.45) is -10.9. The van der Waals surface area contributed by atoms with Crippen LogP contribution in [0.2, 0.25) is 0 Å². The SMILES string of the molecule is CCOC(=O)[C@@](NC(=O)Nc1ccc([C@@](O)(C(=O)OCC)C(F)(F)F)cc1C)(c1ccccc1)C(F)(F)F. The number of hydrogen-bond donors (Lipinski definition) is 3. The van der Waals surface area contributed by atoms with Gasteiger partial charge in [-0.05, 0) is 38.0 Å². The van der Waals surface area contributed by atoms with E-state index in [9.17, 15) is 45.8 Å². The predicted molar refractivity (Wildman–Crippen MR) is 121 cm³/mol. The molecule has 14 heteroatoms. The van der Waals surface area contributed by atoms with E-state index in [2.05, 4.69) is 9.47 Å². The second-order valence-corrected chi connectivity index (χ2v) is 7.87. The second kappa shape index (κ2) is 11.3. The fraction of sp³-hybridized carbons (Fsp3) is 0.375. The predicted octanol–water partition coefficient (Wildman–Crippen LogP) is 4.45. The van der Waals surface area contributed by atoms with Crippen molar-refractivity contribution in [1.29, 1.82) is 0 Å². The van der Waals surface area contributed by atoms with Crippen molar-refractivity contribution in [2.75, 3.05) is 18.5 Å². The molecule has 2 atom stereocenters. The zero-order valence-electron chi connectivity index (χ0n) is 20.3. The molecule has 2 amide bonds. The number of halogens is 6. The molecule has 208 valence electrons. The molecule has 0 saturated heterocycles. The molecule has 3 N–H and O–H groups in total. The van der Waals surface area contributed by atoms with Crippen LogP contribution in [0.15, 0.2) is 48.5 Å². The molecule has 8 nitrogen and oxygen atoms in total. The van der Waals surface area contributed by atoms with Crippen LogP contribution in [0.5, 0.6) is 0 Å². The third kappa shape index (κ3) is 5.69. The van der Waals surface area contributed by atoms with Crippen LogP contribution in [0.4, 0.5) is 36.8 Å². The summed E-state index contributed by atoms with van der Waals surface area (Å²) in [5.74, 6) is -3.80. The first-order valence-electron chi connectivity index (χ1n) is 11.0. The number of amides is 2. The van der Waals surface area contributed by atoms with Crippen molar-refractivity contribution in [3.63, 3.8) is 0 Å². The minimum absolute atomic E-state index is 0.168. The third-order valence-corrected chi connectivity index (χ3v) is 5.39. The lowest BCUT2D eigenvalue weighted by Gasteiger charge is -2.34. The highest BCUT2D eigenvalue weighted by atomic mass is 19.4. The third-order valence-electron chi connectivity index (χ3n) is 5.39. The molecule has 2 aromatic carbocycles. The molecule has 0 bridgehead atoms. The monoisotopic (exact) mass is 550 g/mol. The van der Waals surface area contributed by atoms with Crippen LogP contribution in [-0.4, -0.2) is 48.6 Å². The van der Waals surface area contributed by atoms with E-state index in [1.54, 1.807) is 5.32 Å². The highest BCUT2D eigenvalue weighted by Crippen LogP contribution is 2.42. The van der Waals surface area contributed by atoms with Gasteiger partial charge in [-0.2, -0.15) is 26.3 Å². The normalized spacial score (nSPS) is 15.0. The maximum Gasteiger partial charge on any atom is 0.432 e. The zero-order chi connectivity index (χ0) is 28.9. The van der Waals surface area contributed by atoms with Crippen molar-refractivity contribution in [1.82, 2.24) is 5.32 Å². The highest BCUT2D eigenvalue weighted by molar-refractivity contribution is 5.96. The first-order chi connectivity index (χ1) is 17.6. The molecule has 0 aliphatic rings. The lowest BCUT2D eigenvalue weighted by Crippen LogP contribution is -2.62. The number of carbonyl (C=O) groups excluding carboxylic acids is 3. The van der Waals surface area contributed by atoms with Gasteiger partial charge < -0.3 is 25.2 Å². The zero-order valence-corrected chi connectivity index (χ0v) is 20.3. The largest absolute Gasteiger partial charge is 0.464 e. The molecule has 0 aliphatic heterocycles. The molecule has 0 aromatic heterocycles. The summed E-state index contributed by atoms with van der Waals surface area (Å²) in [6, 6.07) is 6.36. The number of alkyl halides is 6. The van der Waals surface area contributed by atoms with Gasteiger partial charge in [-0.25, -0.2) is 14.4 Å². The first kappa shape index (κ1) is 30.4. The summed E-state index contributed by atoms with van der Waals surface area (Å²) >= 11 is 0. The number of anilines is 1. The molecular weight excluding hydrogens is 526 g/mol. The molecule has 2 aromatic rings. The fourth-order valence-electron chi connectivity index (χ4n) is 3.50. The summed E-state index contributed by atoms with van der Waals surface area (Å²) in [7, 11) is 0. The van der Waals surface area contributed by atoms with Crippen LogP contribution in [0.3, 0.4) is 0 Å². The Labute approximate surface area is 212 Å². The average molecular weight is 550 g/mol. The standard InChI is InChI=1S/C24H24F6N2O6/c1-4-37-18(33)21(23(25,26)27,15-9-7-6-8-10-15)32-20(35)31-17-12-11-16(13-14(17)3)22(36,24(28,29)30)19(34)38-5-2/h6-13,36H,4-5H2,1-3H3,(H2,31,32,35)/t21-,22+/m0/s1. The Bertz CT molecular complexity index is 1170. The van der Waals surface area contributed by atoms with Crippen molar-refractivity contribution < 1.29 is 55.3 Å². The Balaban J connectivity index is 2.48. The maximum absolute atomic E-state index is 14.3. The molecule has 0 saturated carbocycles. The molecule has 0 heterocycles. The number of ether oxygens (including phenoxy) is 2. The van der Waals surface area contributed by atoms with Gasteiger partial charge in [0.25, 0.3) is 11.1 Å². The second-order valence-electron chi connectivity index (χ2n) is 7.87. The quantitative estimate of drug-likeness (QED) is 0.331. The molecule has 2 rings (SSSR count). The topological polar surface area (TPSA) is 114 Å². The van der Waals surface area contributed by atoms with Gasteiger partial charge in [0.05, 0.1) is 13.2 Å². The number of aryl methyl sites for hydroxylation is 1. The average Bonchev–Trinajstić information content (AvgIpc) is 2.82. The van der Waals surface area contributed by atoms with Crippen molar-refractivity contribution >= 4 is 23.7 Å². The number of nitrogens with one attached hydrogen (secondary N) is 2. The van der Waals surface area contributed by atoms with E-state index in [0.29, 0.717) is 12.1 Å². The number of carbonyl (C=O) groups is 3. The van der Waals surface area contributed by atoms with Crippen LogP contribution in [-0.2, 0) is 30.2 Å². The number of hydrogen-bond acceptors (Lipinski definition) is 6. The van der Waals surface area contributed by atoms with Crippen LogP contribution < -0.4 is 10.6 Å². The van der Waals surface area contributed by atoms with Crippen LogP contribution >= 0.6 is 0 Å². The van der Waals surface area contributed by atoms with Crippen LogP contribution in [0.25, 0.3) is 0 Å². The lowest BCUT2D eigenvalue weighted by atomic mass is 9.89. The van der Waals surface area contributed by atoms with Gasteiger partial charge in [-0.1, -0.05) is 42.5 Å². The van der Waals surface area contributed by atoms with Gasteiger partial charge in [0.1, 0.15) is 0 Å². The van der Waals surface area contributed by atoms with E-state index in [-0.39, 0.29) is 11.3 Å². The molecule has 0 fully saturated rings. The lowest BCUT2D eigenvalue weighted by molar-refractivity contribution is -0.267. The number of rotatable bonds is 8. The number of urea groups is 1. The van der Waals surface area contributed by atoms with Gasteiger partial charge >= 0.3 is 30.3 Å². The van der Waals surface area contributed by atoms with E-state index < -0.39 is 65.8 Å². The molecular formula is C24H24F6N2O6. The molecule has 0 unspecified atom stereocenters. The smallest absolute Gasteiger partial charge is 0.432 e. The Morgan fingerprint density at radius 1 is 0.816 bits per heavy atom. The van der Waals surface area contributed by atoms with Crippen LogP contribution in [0, 0.1) is 6.92 Å². The van der Waals surface area contributed by atoms with Crippen molar-refractivity contribution in [2.24, 2.45) is 0 Å². The fourth-order valence-corrected chi connectivity index (χ4v) is 3.50. The molecule has 0 radical (unpaired) electrons. The van der Waals surface area contributed by atoms with Gasteiger partial charge in [0.15, 0.2) is 0 Å². The number of esters is 2. The summed E-state index contributed by atoms with van der Waals surface area (Å²) in [5, 5.41) is 13.9. The maximum atomic E-state index is 14.3. The van der Waals surface area contributed by atoms with Crippen molar-refractivity contribution in [2.45, 2.75) is 44.3 Å². The van der Waals surface area contributed by atoms with E-state index >= 15 is 0 Å². The Morgan fingerprint density at radius 2 is 1.37 bits per heavy atom. The van der Waals surface area contributed by atoms with Crippen molar-refractivity contribution in [3.8, 4) is 0 Å². The van der Waals surface area contributed by atoms with Gasteiger partial charge in [0.2, 0.25) is 0 Å². The highest BCUT2D eigenvalue weighted by Gasteiger charge is 2.64. The van der Waals surface area contributed by atoms with Gasteiger partial charge in [-0.3, -0.25) is 0 Å². The first-order valence-corrected chi connectivity index (χ1v) is 11.0. The minimum Gasteiger partial charge on any atom is -0.464 e.